The fourth-order valence-corrected chi connectivity index (χ4v) is 9.64. The number of hydrogen-bond acceptors (Lipinski definition) is 0. The van der Waals surface area contributed by atoms with Crippen LogP contribution in [0.4, 0.5) is 0 Å². The molecule has 0 spiro atoms. The third kappa shape index (κ3) is 4.36. The van der Waals surface area contributed by atoms with Gasteiger partial charge in [-0.2, -0.15) is 0 Å². The molecule has 0 saturated heterocycles. The van der Waals surface area contributed by atoms with Crippen LogP contribution in [0.5, 0.6) is 0 Å². The Hall–Kier alpha value is -6.50. The van der Waals surface area contributed by atoms with Gasteiger partial charge in [-0.3, -0.25) is 0 Å². The van der Waals surface area contributed by atoms with Gasteiger partial charge in [0, 0.05) is 5.41 Å². The van der Waals surface area contributed by atoms with E-state index in [1.165, 1.54) is 109 Å². The molecule has 0 heterocycles. The number of rotatable bonds is 3. The van der Waals surface area contributed by atoms with Crippen LogP contribution in [0.15, 0.2) is 182 Å². The quantitative estimate of drug-likeness (QED) is 0.129. The Morgan fingerprint density at radius 1 is 0.302 bits per heavy atom. The molecule has 0 N–H and O–H groups in total. The molecule has 0 saturated carbocycles. The second kappa shape index (κ2) is 11.2. The fourth-order valence-electron chi connectivity index (χ4n) is 9.64. The van der Waals surface area contributed by atoms with E-state index >= 15 is 0 Å². The van der Waals surface area contributed by atoms with Crippen LogP contribution in [-0.2, 0) is 5.41 Å². The van der Waals surface area contributed by atoms with Crippen molar-refractivity contribution in [1.82, 2.24) is 0 Å². The SMILES string of the molecule is CC1(C)c2cccc(-c3cccc(-c4c5ccccc5c(-c5ccc6ccc7ccccc7c6c5)c5ccccc45)c3)c2-c2ccc3ccccc3c21. The normalized spacial score (nSPS) is 13.2. The van der Waals surface area contributed by atoms with Crippen molar-refractivity contribution in [1.29, 1.82) is 0 Å². The molecule has 0 radical (unpaired) electrons. The molecule has 0 bridgehead atoms. The zero-order valence-electron chi connectivity index (χ0n) is 29.8. The van der Waals surface area contributed by atoms with Crippen LogP contribution >= 0.6 is 0 Å². The van der Waals surface area contributed by atoms with Crippen molar-refractivity contribution in [3.63, 3.8) is 0 Å². The van der Waals surface area contributed by atoms with Gasteiger partial charge in [0.2, 0.25) is 0 Å². The molecular formula is C53H36. The first-order chi connectivity index (χ1) is 26.1. The Morgan fingerprint density at radius 2 is 0.792 bits per heavy atom. The van der Waals surface area contributed by atoms with Crippen LogP contribution < -0.4 is 0 Å². The molecule has 0 amide bonds. The van der Waals surface area contributed by atoms with Crippen molar-refractivity contribution < 1.29 is 0 Å². The van der Waals surface area contributed by atoms with E-state index in [0.717, 1.165) is 0 Å². The average molecular weight is 673 g/mol. The highest BCUT2D eigenvalue weighted by molar-refractivity contribution is 6.22. The second-order valence-electron chi connectivity index (χ2n) is 15.2. The maximum atomic E-state index is 2.43. The molecule has 0 fully saturated rings. The molecule has 53 heavy (non-hydrogen) atoms. The minimum Gasteiger partial charge on any atom is -0.0616 e. The minimum atomic E-state index is -0.101. The summed E-state index contributed by atoms with van der Waals surface area (Å²) in [5, 5.41) is 12.9. The zero-order chi connectivity index (χ0) is 35.3. The van der Waals surface area contributed by atoms with Crippen molar-refractivity contribution in [2.45, 2.75) is 19.3 Å². The van der Waals surface area contributed by atoms with Crippen LogP contribution in [0.1, 0.15) is 25.0 Å². The third-order valence-electron chi connectivity index (χ3n) is 12.0. The molecule has 11 rings (SSSR count). The highest BCUT2D eigenvalue weighted by atomic mass is 14.4. The van der Waals surface area contributed by atoms with Gasteiger partial charge in [0.05, 0.1) is 0 Å². The van der Waals surface area contributed by atoms with Crippen LogP contribution in [-0.4, -0.2) is 0 Å². The van der Waals surface area contributed by atoms with E-state index < -0.39 is 0 Å². The van der Waals surface area contributed by atoms with Crippen molar-refractivity contribution in [3.05, 3.63) is 193 Å². The molecule has 248 valence electrons. The first kappa shape index (κ1) is 30.2. The number of benzene rings is 10. The van der Waals surface area contributed by atoms with E-state index in [-0.39, 0.29) is 5.41 Å². The van der Waals surface area contributed by atoms with Gasteiger partial charge < -0.3 is 0 Å². The monoisotopic (exact) mass is 672 g/mol. The molecule has 0 aromatic heterocycles. The number of hydrogen-bond donors (Lipinski definition) is 0. The highest BCUT2D eigenvalue weighted by Gasteiger charge is 2.38. The summed E-state index contributed by atoms with van der Waals surface area (Å²) < 4.78 is 0. The first-order valence-corrected chi connectivity index (χ1v) is 18.7. The van der Waals surface area contributed by atoms with Gasteiger partial charge >= 0.3 is 0 Å². The molecule has 10 aromatic carbocycles. The van der Waals surface area contributed by atoms with Crippen molar-refractivity contribution in [2.75, 3.05) is 0 Å². The minimum absolute atomic E-state index is 0.101. The van der Waals surface area contributed by atoms with Crippen molar-refractivity contribution in [2.24, 2.45) is 0 Å². The lowest BCUT2D eigenvalue weighted by molar-refractivity contribution is 0.666. The van der Waals surface area contributed by atoms with Gasteiger partial charge in [-0.05, 0) is 122 Å². The summed E-state index contributed by atoms with van der Waals surface area (Å²) in [6.07, 6.45) is 0. The lowest BCUT2D eigenvalue weighted by atomic mass is 9.80. The summed E-state index contributed by atoms with van der Waals surface area (Å²) >= 11 is 0. The second-order valence-corrected chi connectivity index (χ2v) is 15.2. The van der Waals surface area contributed by atoms with E-state index in [9.17, 15) is 0 Å². The van der Waals surface area contributed by atoms with Crippen LogP contribution in [0.3, 0.4) is 0 Å². The lowest BCUT2D eigenvalue weighted by Crippen LogP contribution is -2.15. The largest absolute Gasteiger partial charge is 0.0616 e. The Balaban J connectivity index is 1.14. The van der Waals surface area contributed by atoms with Crippen molar-refractivity contribution in [3.8, 4) is 44.5 Å². The third-order valence-corrected chi connectivity index (χ3v) is 12.0. The van der Waals surface area contributed by atoms with E-state index in [1.807, 2.05) is 0 Å². The molecule has 0 unspecified atom stereocenters. The van der Waals surface area contributed by atoms with E-state index in [4.69, 9.17) is 0 Å². The molecule has 1 aliphatic carbocycles. The topological polar surface area (TPSA) is 0 Å². The maximum absolute atomic E-state index is 2.43. The van der Waals surface area contributed by atoms with E-state index in [1.54, 1.807) is 0 Å². The van der Waals surface area contributed by atoms with Gasteiger partial charge in [-0.1, -0.05) is 184 Å². The summed E-state index contributed by atoms with van der Waals surface area (Å²) in [4.78, 5) is 0. The highest BCUT2D eigenvalue weighted by Crippen LogP contribution is 2.54. The summed E-state index contributed by atoms with van der Waals surface area (Å²) in [5.41, 5.74) is 13.0. The number of fused-ring (bicyclic) bond motifs is 10. The smallest absolute Gasteiger partial charge is 0.0165 e. The maximum Gasteiger partial charge on any atom is 0.0165 e. The molecule has 0 nitrogen and oxygen atoms in total. The van der Waals surface area contributed by atoms with Gasteiger partial charge in [0.1, 0.15) is 0 Å². The Morgan fingerprint density at radius 3 is 1.47 bits per heavy atom. The lowest BCUT2D eigenvalue weighted by Gasteiger charge is -2.23. The van der Waals surface area contributed by atoms with Crippen LogP contribution in [0.2, 0.25) is 0 Å². The van der Waals surface area contributed by atoms with Crippen LogP contribution in [0, 0.1) is 0 Å². The van der Waals surface area contributed by atoms with Gasteiger partial charge in [-0.15, -0.1) is 0 Å². The zero-order valence-corrected chi connectivity index (χ0v) is 29.8. The van der Waals surface area contributed by atoms with Gasteiger partial charge in [-0.25, -0.2) is 0 Å². The fraction of sp³-hybridized carbons (Fsp3) is 0.0566. The summed E-state index contributed by atoms with van der Waals surface area (Å²) in [5.74, 6) is 0. The standard InChI is InChI=1S/C53H36/c1-53(2)48-24-12-23-40(51(48)46-30-29-34-14-4-6-18-41(34)52(46)53)36-15-11-16-37(31-36)49-42-19-7-9-21-44(42)50(45-22-10-8-20-43(45)49)38-28-27-35-26-25-33-13-3-5-17-39(33)47(35)32-38/h3-32H,1-2H3. The van der Waals surface area contributed by atoms with Crippen LogP contribution in [0.25, 0.3) is 98.4 Å². The van der Waals surface area contributed by atoms with E-state index in [0.29, 0.717) is 0 Å². The molecule has 0 heteroatoms. The average Bonchev–Trinajstić information content (AvgIpc) is 3.46. The molecular weight excluding hydrogens is 637 g/mol. The molecule has 1 aliphatic rings. The Bertz CT molecular complexity index is 3080. The Kier molecular flexibility index (Phi) is 6.40. The van der Waals surface area contributed by atoms with Gasteiger partial charge in [0.15, 0.2) is 0 Å². The summed E-state index contributed by atoms with van der Waals surface area (Å²) in [7, 11) is 0. The molecule has 0 aliphatic heterocycles. The predicted molar refractivity (Wildman–Crippen MR) is 228 cm³/mol. The molecule has 0 atom stereocenters. The van der Waals surface area contributed by atoms with E-state index in [2.05, 4.69) is 196 Å². The van der Waals surface area contributed by atoms with Crippen molar-refractivity contribution >= 4 is 53.9 Å². The first-order valence-electron chi connectivity index (χ1n) is 18.7. The summed E-state index contributed by atoms with van der Waals surface area (Å²) in [6.45, 7) is 4.78. The molecule has 10 aromatic rings. The summed E-state index contributed by atoms with van der Waals surface area (Å²) in [6, 6.07) is 67.9. The predicted octanol–water partition coefficient (Wildman–Crippen LogP) is 14.8. The Labute approximate surface area is 309 Å². The van der Waals surface area contributed by atoms with Gasteiger partial charge in [0.25, 0.3) is 0 Å².